The molecule has 29 heavy (non-hydrogen) atoms. The van der Waals surface area contributed by atoms with E-state index in [0.717, 1.165) is 23.3 Å². The molecule has 0 unspecified atom stereocenters. The Kier molecular flexibility index (Phi) is 7.38. The van der Waals surface area contributed by atoms with E-state index < -0.39 is 12.1 Å². The zero-order valence-corrected chi connectivity index (χ0v) is 18.3. The van der Waals surface area contributed by atoms with Crippen LogP contribution < -0.4 is 0 Å². The average Bonchev–Trinajstić information content (AvgIpc) is 3.10. The molecule has 7 heteroatoms. The zero-order valence-electron chi connectivity index (χ0n) is 15.9. The molecule has 1 aromatic heterocycles. The fraction of sp³-hybridized carbons (Fsp3) is 0.409. The lowest BCUT2D eigenvalue weighted by Gasteiger charge is -2.20. The summed E-state index contributed by atoms with van der Waals surface area (Å²) in [5.74, 6) is -1.26. The molecule has 1 aliphatic carbocycles. The minimum Gasteiger partial charge on any atom is -0.477 e. The molecule has 1 aromatic carbocycles. The SMILES string of the molecule is Cc1c(C(=O)O)sc(CCC[C@@H]2[C@@H](/C=C/c3cccc(F)c3)[C@H](O)C[C@H]2Cl)c1Cl. The van der Waals surface area contributed by atoms with Crippen LogP contribution in [0.4, 0.5) is 4.39 Å². The van der Waals surface area contributed by atoms with Gasteiger partial charge in [-0.25, -0.2) is 9.18 Å². The van der Waals surface area contributed by atoms with E-state index in [4.69, 9.17) is 23.2 Å². The highest BCUT2D eigenvalue weighted by molar-refractivity contribution is 7.14. The first kappa shape index (κ1) is 22.3. The highest BCUT2D eigenvalue weighted by Crippen LogP contribution is 2.41. The van der Waals surface area contributed by atoms with Crippen LogP contribution in [0.2, 0.25) is 5.02 Å². The Morgan fingerprint density at radius 3 is 2.83 bits per heavy atom. The van der Waals surface area contributed by atoms with E-state index >= 15 is 0 Å². The number of aliphatic hydroxyl groups excluding tert-OH is 1. The van der Waals surface area contributed by atoms with Gasteiger partial charge in [-0.3, -0.25) is 0 Å². The van der Waals surface area contributed by atoms with Gasteiger partial charge in [0.1, 0.15) is 10.7 Å². The van der Waals surface area contributed by atoms with Crippen molar-refractivity contribution in [3.05, 3.63) is 62.1 Å². The summed E-state index contributed by atoms with van der Waals surface area (Å²) in [6, 6.07) is 6.31. The molecule has 2 aromatic rings. The lowest BCUT2D eigenvalue weighted by atomic mass is 9.89. The lowest BCUT2D eigenvalue weighted by Crippen LogP contribution is -2.18. The van der Waals surface area contributed by atoms with Gasteiger partial charge < -0.3 is 10.2 Å². The maximum absolute atomic E-state index is 13.4. The molecular weight excluding hydrogens is 434 g/mol. The third kappa shape index (κ3) is 5.21. The number of aromatic carboxylic acids is 1. The number of carboxylic acid groups (broad SMARTS) is 1. The molecule has 0 amide bonds. The quantitative estimate of drug-likeness (QED) is 0.488. The Balaban J connectivity index is 1.65. The molecule has 1 saturated carbocycles. The van der Waals surface area contributed by atoms with Crippen molar-refractivity contribution < 1.29 is 19.4 Å². The first-order valence-corrected chi connectivity index (χ1v) is 11.2. The molecule has 1 aliphatic rings. The van der Waals surface area contributed by atoms with Gasteiger partial charge in [-0.1, -0.05) is 35.9 Å². The summed E-state index contributed by atoms with van der Waals surface area (Å²) in [6.07, 6.45) is 6.01. The second-order valence-electron chi connectivity index (χ2n) is 7.47. The van der Waals surface area contributed by atoms with E-state index in [0.29, 0.717) is 23.4 Å². The number of hydrogen-bond donors (Lipinski definition) is 2. The fourth-order valence-corrected chi connectivity index (χ4v) is 5.90. The van der Waals surface area contributed by atoms with Crippen LogP contribution in [-0.2, 0) is 6.42 Å². The number of alkyl halides is 1. The van der Waals surface area contributed by atoms with Crippen molar-refractivity contribution in [3.63, 3.8) is 0 Å². The van der Waals surface area contributed by atoms with Gasteiger partial charge in [-0.15, -0.1) is 22.9 Å². The maximum Gasteiger partial charge on any atom is 0.346 e. The maximum atomic E-state index is 13.4. The minimum absolute atomic E-state index is 0.0928. The van der Waals surface area contributed by atoms with Gasteiger partial charge in [0, 0.05) is 16.2 Å². The predicted molar refractivity (Wildman–Crippen MR) is 117 cm³/mol. The van der Waals surface area contributed by atoms with Crippen molar-refractivity contribution in [1.29, 1.82) is 0 Å². The number of carboxylic acids is 1. The van der Waals surface area contributed by atoms with Crippen LogP contribution in [-0.4, -0.2) is 27.7 Å². The second-order valence-corrected chi connectivity index (χ2v) is 9.51. The summed E-state index contributed by atoms with van der Waals surface area (Å²) >= 11 is 14.0. The van der Waals surface area contributed by atoms with Crippen LogP contribution in [0.15, 0.2) is 30.3 Å². The van der Waals surface area contributed by atoms with Crippen molar-refractivity contribution in [2.75, 3.05) is 0 Å². The number of rotatable bonds is 7. The molecule has 0 aliphatic heterocycles. The summed E-state index contributed by atoms with van der Waals surface area (Å²) in [7, 11) is 0. The van der Waals surface area contributed by atoms with E-state index in [1.807, 2.05) is 18.2 Å². The van der Waals surface area contributed by atoms with E-state index in [-0.39, 0.29) is 27.9 Å². The molecule has 3 nitrogen and oxygen atoms in total. The molecule has 0 saturated heterocycles. The van der Waals surface area contributed by atoms with Crippen molar-refractivity contribution in [2.45, 2.75) is 44.1 Å². The lowest BCUT2D eigenvalue weighted by molar-refractivity contribution is 0.0701. The van der Waals surface area contributed by atoms with Gasteiger partial charge in [0.05, 0.1) is 11.1 Å². The number of thiophene rings is 1. The average molecular weight is 457 g/mol. The summed E-state index contributed by atoms with van der Waals surface area (Å²) in [4.78, 5) is 12.4. The number of benzene rings is 1. The van der Waals surface area contributed by atoms with Crippen LogP contribution in [0.3, 0.4) is 0 Å². The zero-order chi connectivity index (χ0) is 21.1. The van der Waals surface area contributed by atoms with Gasteiger partial charge in [0.25, 0.3) is 0 Å². The molecule has 0 radical (unpaired) electrons. The summed E-state index contributed by atoms with van der Waals surface area (Å²) in [5, 5.41) is 20.1. The third-order valence-electron chi connectivity index (χ3n) is 5.50. The number of aryl methyl sites for hydroxylation is 1. The summed E-state index contributed by atoms with van der Waals surface area (Å²) in [6.45, 7) is 1.72. The van der Waals surface area contributed by atoms with Gasteiger partial charge in [0.2, 0.25) is 0 Å². The second kappa shape index (κ2) is 9.61. The molecule has 4 atom stereocenters. The molecule has 2 N–H and O–H groups in total. The Bertz CT molecular complexity index is 911. The predicted octanol–water partition coefficient (Wildman–Crippen LogP) is 6.19. The molecule has 1 fully saturated rings. The Hall–Kier alpha value is -1.40. The molecule has 0 spiro atoms. The standard InChI is InChI=1S/C22H23Cl2FO3S/c1-12-20(24)19(29-21(12)22(27)28)7-3-6-15-16(18(26)11-17(15)23)9-8-13-4-2-5-14(25)10-13/h2,4-5,8-10,15-18,26H,3,6-7,11H2,1H3,(H,27,28)/b9-8+/t15-,16-,17-,18-/m1/s1. The highest BCUT2D eigenvalue weighted by Gasteiger charge is 2.39. The number of aliphatic hydroxyl groups is 1. The van der Waals surface area contributed by atoms with Crippen molar-refractivity contribution >= 4 is 46.6 Å². The molecule has 156 valence electrons. The number of hydrogen-bond acceptors (Lipinski definition) is 3. The number of carbonyl (C=O) groups is 1. The van der Waals surface area contributed by atoms with Crippen LogP contribution >= 0.6 is 34.5 Å². The third-order valence-corrected chi connectivity index (χ3v) is 7.97. The van der Waals surface area contributed by atoms with Crippen LogP contribution in [0.5, 0.6) is 0 Å². The fourth-order valence-electron chi connectivity index (χ4n) is 3.98. The van der Waals surface area contributed by atoms with Crippen LogP contribution in [0.1, 0.15) is 44.9 Å². The van der Waals surface area contributed by atoms with Gasteiger partial charge in [-0.05, 0) is 61.8 Å². The van der Waals surface area contributed by atoms with Gasteiger partial charge >= 0.3 is 5.97 Å². The molecule has 3 rings (SSSR count). The number of halogens is 3. The van der Waals surface area contributed by atoms with Crippen LogP contribution in [0.25, 0.3) is 6.08 Å². The monoisotopic (exact) mass is 456 g/mol. The van der Waals surface area contributed by atoms with Crippen molar-refractivity contribution in [2.24, 2.45) is 11.8 Å². The first-order chi connectivity index (χ1) is 13.8. The minimum atomic E-state index is -0.956. The van der Waals surface area contributed by atoms with E-state index in [9.17, 15) is 19.4 Å². The highest BCUT2D eigenvalue weighted by atomic mass is 35.5. The van der Waals surface area contributed by atoms with Crippen molar-refractivity contribution in [3.8, 4) is 0 Å². The van der Waals surface area contributed by atoms with E-state index in [1.54, 1.807) is 13.0 Å². The van der Waals surface area contributed by atoms with E-state index in [2.05, 4.69) is 0 Å². The Morgan fingerprint density at radius 2 is 2.17 bits per heavy atom. The summed E-state index contributed by atoms with van der Waals surface area (Å²) < 4.78 is 13.4. The van der Waals surface area contributed by atoms with Crippen molar-refractivity contribution in [1.82, 2.24) is 0 Å². The Morgan fingerprint density at radius 1 is 1.41 bits per heavy atom. The smallest absolute Gasteiger partial charge is 0.346 e. The first-order valence-electron chi connectivity index (χ1n) is 9.55. The van der Waals surface area contributed by atoms with E-state index in [1.165, 1.54) is 23.5 Å². The molecular formula is C22H23Cl2FO3S. The largest absolute Gasteiger partial charge is 0.477 e. The topological polar surface area (TPSA) is 57.5 Å². The Labute approximate surface area is 183 Å². The van der Waals surface area contributed by atoms with Crippen LogP contribution in [0, 0.1) is 24.6 Å². The normalized spacial score (nSPS) is 24.4. The molecule has 0 bridgehead atoms. The van der Waals surface area contributed by atoms with Gasteiger partial charge in [-0.2, -0.15) is 0 Å². The summed E-state index contributed by atoms with van der Waals surface area (Å²) in [5.41, 5.74) is 1.36. The van der Waals surface area contributed by atoms with Gasteiger partial charge in [0.15, 0.2) is 0 Å². The molecule has 1 heterocycles.